The Morgan fingerprint density at radius 2 is 2.09 bits per heavy atom. The number of nitrogens with one attached hydrogen (secondary N) is 1. The number of nitrogens with two attached hydrogens (primary N) is 1. The summed E-state index contributed by atoms with van der Waals surface area (Å²) in [4.78, 5) is 16.3. The molecule has 1 aliphatic rings. The highest BCUT2D eigenvalue weighted by Crippen LogP contribution is 2.36. The quantitative estimate of drug-likeness (QED) is 0.847. The molecule has 1 saturated carbocycles. The van der Waals surface area contributed by atoms with Crippen molar-refractivity contribution in [1.29, 1.82) is 0 Å². The minimum Gasteiger partial charge on any atom is -0.352 e. The van der Waals surface area contributed by atoms with E-state index in [0.717, 1.165) is 23.7 Å². The zero-order valence-electron chi connectivity index (χ0n) is 12.0. The molecule has 0 unspecified atom stereocenters. The number of halogens is 1. The van der Waals surface area contributed by atoms with Crippen molar-refractivity contribution in [3.05, 3.63) is 46.0 Å². The van der Waals surface area contributed by atoms with Crippen molar-refractivity contribution in [2.75, 3.05) is 6.54 Å². The van der Waals surface area contributed by atoms with Gasteiger partial charge in [0.1, 0.15) is 0 Å². The number of carbonyl (C=O) groups excluding carboxylic acids is 1. The van der Waals surface area contributed by atoms with Gasteiger partial charge in [-0.25, -0.2) is 0 Å². The third kappa shape index (κ3) is 3.20. The number of hydrogen-bond acceptors (Lipinski definition) is 5. The molecular weight excluding hydrogens is 348 g/mol. The predicted molar refractivity (Wildman–Crippen MR) is 84.2 cm³/mol. The molecule has 1 heterocycles. The average molecular weight is 365 g/mol. The highest BCUT2D eigenvalue weighted by molar-refractivity contribution is 9.10. The van der Waals surface area contributed by atoms with Crippen LogP contribution < -0.4 is 11.1 Å². The smallest absolute Gasteiger partial charge is 0.251 e. The molecule has 0 aliphatic heterocycles. The van der Waals surface area contributed by atoms with Gasteiger partial charge in [-0.1, -0.05) is 21.1 Å². The molecule has 1 aromatic carbocycles. The van der Waals surface area contributed by atoms with Crippen molar-refractivity contribution in [1.82, 2.24) is 15.5 Å². The second kappa shape index (κ2) is 6.18. The van der Waals surface area contributed by atoms with Gasteiger partial charge in [0.15, 0.2) is 5.82 Å². The van der Waals surface area contributed by atoms with Crippen LogP contribution in [0.5, 0.6) is 0 Å². The van der Waals surface area contributed by atoms with Crippen molar-refractivity contribution in [2.45, 2.75) is 31.2 Å². The lowest BCUT2D eigenvalue weighted by Gasteiger charge is -2.34. The largest absolute Gasteiger partial charge is 0.352 e. The zero-order valence-corrected chi connectivity index (χ0v) is 13.6. The normalized spacial score (nSPS) is 16.1. The molecule has 1 amide bonds. The van der Waals surface area contributed by atoms with Gasteiger partial charge in [-0.2, -0.15) is 4.98 Å². The third-order valence-corrected chi connectivity index (χ3v) is 4.42. The first-order valence-electron chi connectivity index (χ1n) is 7.22. The predicted octanol–water partition coefficient (Wildman–Crippen LogP) is 2.14. The summed E-state index contributed by atoms with van der Waals surface area (Å²) in [5.74, 6) is 0.956. The molecule has 0 radical (unpaired) electrons. The van der Waals surface area contributed by atoms with E-state index in [1.165, 1.54) is 0 Å². The number of aromatic nitrogens is 2. The first-order chi connectivity index (χ1) is 10.6. The van der Waals surface area contributed by atoms with Crippen molar-refractivity contribution in [3.63, 3.8) is 0 Å². The van der Waals surface area contributed by atoms with Crippen LogP contribution in [0.15, 0.2) is 33.3 Å². The second-order valence-electron chi connectivity index (χ2n) is 5.53. The molecule has 0 saturated heterocycles. The molecule has 0 spiro atoms. The Balaban J connectivity index is 1.50. The maximum absolute atomic E-state index is 12.0. The molecule has 1 aliphatic carbocycles. The maximum atomic E-state index is 12.0. The Morgan fingerprint density at radius 1 is 1.36 bits per heavy atom. The molecule has 6 nitrogen and oxygen atoms in total. The number of nitrogens with zero attached hydrogens (tertiary/aromatic N) is 2. The van der Waals surface area contributed by atoms with Crippen LogP contribution in [0.25, 0.3) is 0 Å². The summed E-state index contributed by atoms with van der Waals surface area (Å²) < 4.78 is 6.13. The fraction of sp³-hybridized carbons (Fsp3) is 0.400. The summed E-state index contributed by atoms with van der Waals surface area (Å²) in [6.45, 7) is 0.439. The fourth-order valence-electron chi connectivity index (χ4n) is 2.33. The van der Waals surface area contributed by atoms with E-state index in [4.69, 9.17) is 10.3 Å². The van der Waals surface area contributed by atoms with E-state index in [2.05, 4.69) is 31.4 Å². The van der Waals surface area contributed by atoms with Gasteiger partial charge >= 0.3 is 0 Å². The van der Waals surface area contributed by atoms with Crippen molar-refractivity contribution in [3.8, 4) is 0 Å². The maximum Gasteiger partial charge on any atom is 0.251 e. The Bertz CT molecular complexity index is 664. The SMILES string of the molecule is NC1(c2noc(CCNC(=O)c3ccc(Br)cc3)n2)CCC1. The van der Waals surface area contributed by atoms with Crippen LogP contribution in [-0.2, 0) is 12.0 Å². The summed E-state index contributed by atoms with van der Waals surface area (Å²) in [7, 11) is 0. The molecule has 2 aromatic rings. The van der Waals surface area contributed by atoms with Gasteiger partial charge in [-0.15, -0.1) is 0 Å². The monoisotopic (exact) mass is 364 g/mol. The molecule has 1 fully saturated rings. The summed E-state index contributed by atoms with van der Waals surface area (Å²) in [5.41, 5.74) is 6.35. The van der Waals surface area contributed by atoms with Crippen LogP contribution in [0.1, 0.15) is 41.3 Å². The van der Waals surface area contributed by atoms with Crippen molar-refractivity contribution >= 4 is 21.8 Å². The number of rotatable bonds is 5. The summed E-state index contributed by atoms with van der Waals surface area (Å²) in [5, 5.41) is 6.78. The van der Waals surface area contributed by atoms with E-state index in [1.807, 2.05) is 12.1 Å². The number of hydrogen-bond donors (Lipinski definition) is 2. The first-order valence-corrected chi connectivity index (χ1v) is 8.02. The standard InChI is InChI=1S/C15H17BrN4O2/c16-11-4-2-10(3-5-11)13(21)18-9-6-12-19-14(20-22-12)15(17)7-1-8-15/h2-5H,1,6-9,17H2,(H,18,21). The summed E-state index contributed by atoms with van der Waals surface area (Å²) >= 11 is 3.34. The van der Waals surface area contributed by atoms with Crippen LogP contribution in [0.4, 0.5) is 0 Å². The minimum atomic E-state index is -0.414. The molecule has 116 valence electrons. The number of benzene rings is 1. The topological polar surface area (TPSA) is 94.0 Å². The molecule has 0 atom stereocenters. The lowest BCUT2D eigenvalue weighted by molar-refractivity contribution is 0.0953. The minimum absolute atomic E-state index is 0.124. The van der Waals surface area contributed by atoms with E-state index in [0.29, 0.717) is 30.2 Å². The molecule has 22 heavy (non-hydrogen) atoms. The molecule has 1 aromatic heterocycles. The molecule has 0 bridgehead atoms. The van der Waals surface area contributed by atoms with Gasteiger partial charge < -0.3 is 15.6 Å². The lowest BCUT2D eigenvalue weighted by Crippen LogP contribution is -2.44. The van der Waals surface area contributed by atoms with Crippen LogP contribution in [-0.4, -0.2) is 22.6 Å². The van der Waals surface area contributed by atoms with Crippen LogP contribution in [0, 0.1) is 0 Å². The Kier molecular flexibility index (Phi) is 4.26. The lowest BCUT2D eigenvalue weighted by atomic mass is 9.77. The van der Waals surface area contributed by atoms with Gasteiger partial charge in [-0.05, 0) is 43.5 Å². The van der Waals surface area contributed by atoms with E-state index < -0.39 is 5.54 Å². The van der Waals surface area contributed by atoms with Crippen LogP contribution in [0.2, 0.25) is 0 Å². The van der Waals surface area contributed by atoms with Crippen molar-refractivity contribution in [2.24, 2.45) is 5.73 Å². The average Bonchev–Trinajstić information content (AvgIpc) is 2.94. The number of carbonyl (C=O) groups is 1. The van der Waals surface area contributed by atoms with Crippen LogP contribution >= 0.6 is 15.9 Å². The van der Waals surface area contributed by atoms with Gasteiger partial charge in [0.05, 0.1) is 5.54 Å². The molecular formula is C15H17BrN4O2. The van der Waals surface area contributed by atoms with Gasteiger partial charge in [0.25, 0.3) is 5.91 Å². The van der Waals surface area contributed by atoms with E-state index >= 15 is 0 Å². The van der Waals surface area contributed by atoms with E-state index in [-0.39, 0.29) is 5.91 Å². The Hall–Kier alpha value is -1.73. The van der Waals surface area contributed by atoms with Crippen LogP contribution in [0.3, 0.4) is 0 Å². The summed E-state index contributed by atoms with van der Waals surface area (Å²) in [6.07, 6.45) is 3.38. The summed E-state index contributed by atoms with van der Waals surface area (Å²) in [6, 6.07) is 7.19. The van der Waals surface area contributed by atoms with E-state index in [9.17, 15) is 4.79 Å². The molecule has 7 heteroatoms. The molecule has 3 rings (SSSR count). The highest BCUT2D eigenvalue weighted by Gasteiger charge is 2.38. The Morgan fingerprint density at radius 3 is 2.73 bits per heavy atom. The third-order valence-electron chi connectivity index (χ3n) is 3.89. The first kappa shape index (κ1) is 15.2. The number of amides is 1. The zero-order chi connectivity index (χ0) is 15.6. The highest BCUT2D eigenvalue weighted by atomic mass is 79.9. The second-order valence-corrected chi connectivity index (χ2v) is 6.45. The van der Waals surface area contributed by atoms with Gasteiger partial charge in [-0.3, -0.25) is 4.79 Å². The molecule has 3 N–H and O–H groups in total. The van der Waals surface area contributed by atoms with Gasteiger partial charge in [0.2, 0.25) is 5.89 Å². The van der Waals surface area contributed by atoms with Gasteiger partial charge in [0, 0.05) is 23.0 Å². The van der Waals surface area contributed by atoms with E-state index in [1.54, 1.807) is 12.1 Å². The Labute approximate surface area is 136 Å². The van der Waals surface area contributed by atoms with Crippen molar-refractivity contribution < 1.29 is 9.32 Å². The fourth-order valence-corrected chi connectivity index (χ4v) is 2.59.